The van der Waals surface area contributed by atoms with Crippen molar-refractivity contribution in [3.05, 3.63) is 52.5 Å². The quantitative estimate of drug-likeness (QED) is 0.909. The van der Waals surface area contributed by atoms with Crippen LogP contribution in [0.2, 0.25) is 5.02 Å². The molecule has 0 bridgehead atoms. The van der Waals surface area contributed by atoms with Gasteiger partial charge in [0.15, 0.2) is 0 Å². The average Bonchev–Trinajstić information content (AvgIpc) is 2.86. The molecule has 1 aliphatic rings. The van der Waals surface area contributed by atoms with E-state index >= 15 is 0 Å². The lowest BCUT2D eigenvalue weighted by Crippen LogP contribution is -1.96. The number of halogens is 1. The summed E-state index contributed by atoms with van der Waals surface area (Å²) in [6.45, 7) is 0.696. The zero-order valence-corrected chi connectivity index (χ0v) is 10.8. The van der Waals surface area contributed by atoms with Gasteiger partial charge in [-0.15, -0.1) is 0 Å². The molecule has 4 heteroatoms. The minimum absolute atomic E-state index is 0.233. The van der Waals surface area contributed by atoms with Crippen LogP contribution < -0.4 is 4.74 Å². The normalized spacial score (nSPS) is 12.9. The molecule has 0 amide bonds. The van der Waals surface area contributed by atoms with E-state index in [-0.39, 0.29) is 5.56 Å². The van der Waals surface area contributed by atoms with E-state index in [1.165, 1.54) is 6.07 Å². The molecule has 1 aliphatic heterocycles. The van der Waals surface area contributed by atoms with E-state index in [0.29, 0.717) is 11.6 Å². The Morgan fingerprint density at radius 3 is 2.84 bits per heavy atom. The van der Waals surface area contributed by atoms with Gasteiger partial charge < -0.3 is 9.84 Å². The largest absolute Gasteiger partial charge is 0.493 e. The molecule has 1 heterocycles. The predicted octanol–water partition coefficient (Wildman–Crippen LogP) is 3.64. The van der Waals surface area contributed by atoms with Gasteiger partial charge in [0.05, 0.1) is 12.2 Å². The van der Waals surface area contributed by atoms with Crippen LogP contribution in [0.1, 0.15) is 15.9 Å². The summed E-state index contributed by atoms with van der Waals surface area (Å²) in [5, 5.41) is 9.58. The maximum absolute atomic E-state index is 11.0. The number of carboxylic acid groups (broad SMARTS) is 1. The number of aromatic carboxylic acids is 1. The average molecular weight is 275 g/mol. The van der Waals surface area contributed by atoms with E-state index in [2.05, 4.69) is 0 Å². The predicted molar refractivity (Wildman–Crippen MR) is 73.0 cm³/mol. The molecule has 1 N–H and O–H groups in total. The van der Waals surface area contributed by atoms with Crippen molar-refractivity contribution in [3.63, 3.8) is 0 Å². The molecular formula is C15H11ClO3. The standard InChI is InChI=1S/C15H11ClO3/c16-13-3-1-11(15(17)18)8-12(13)9-2-4-14-10(7-9)5-6-19-14/h1-4,7-8H,5-6H2,(H,17,18). The van der Waals surface area contributed by atoms with E-state index in [1.807, 2.05) is 18.2 Å². The number of hydrogen-bond donors (Lipinski definition) is 1. The molecule has 3 nitrogen and oxygen atoms in total. The Hall–Kier alpha value is -2.00. The first-order valence-corrected chi connectivity index (χ1v) is 6.32. The van der Waals surface area contributed by atoms with Crippen LogP contribution in [0.25, 0.3) is 11.1 Å². The monoisotopic (exact) mass is 274 g/mol. The van der Waals surface area contributed by atoms with Gasteiger partial charge in [-0.05, 0) is 41.5 Å². The second kappa shape index (κ2) is 4.59. The number of carbonyl (C=O) groups is 1. The Labute approximate surface area is 115 Å². The lowest BCUT2D eigenvalue weighted by molar-refractivity contribution is 0.0697. The molecule has 3 rings (SSSR count). The fraction of sp³-hybridized carbons (Fsp3) is 0.133. The van der Waals surface area contributed by atoms with Crippen molar-refractivity contribution in [2.75, 3.05) is 6.61 Å². The third-order valence-corrected chi connectivity index (χ3v) is 3.54. The first-order chi connectivity index (χ1) is 9.15. The Kier molecular flexibility index (Phi) is 2.91. The summed E-state index contributed by atoms with van der Waals surface area (Å²) in [7, 11) is 0. The Morgan fingerprint density at radius 1 is 1.21 bits per heavy atom. The van der Waals surface area contributed by atoms with Crippen LogP contribution in [0.15, 0.2) is 36.4 Å². The molecule has 0 unspecified atom stereocenters. The fourth-order valence-electron chi connectivity index (χ4n) is 2.23. The number of hydrogen-bond acceptors (Lipinski definition) is 2. The van der Waals surface area contributed by atoms with Crippen LogP contribution in [0.4, 0.5) is 0 Å². The molecule has 0 atom stereocenters. The van der Waals surface area contributed by atoms with Crippen LogP contribution >= 0.6 is 11.6 Å². The molecule has 0 saturated heterocycles. The number of carboxylic acids is 1. The Balaban J connectivity index is 2.11. The molecule has 0 saturated carbocycles. The van der Waals surface area contributed by atoms with Gasteiger partial charge in [0.2, 0.25) is 0 Å². The number of rotatable bonds is 2. The van der Waals surface area contributed by atoms with Crippen molar-refractivity contribution in [2.24, 2.45) is 0 Å². The highest BCUT2D eigenvalue weighted by Crippen LogP contribution is 2.34. The molecule has 2 aromatic rings. The van der Waals surface area contributed by atoms with E-state index < -0.39 is 5.97 Å². The molecule has 0 fully saturated rings. The third-order valence-electron chi connectivity index (χ3n) is 3.21. The smallest absolute Gasteiger partial charge is 0.335 e. The lowest BCUT2D eigenvalue weighted by Gasteiger charge is -2.08. The first-order valence-electron chi connectivity index (χ1n) is 5.94. The van der Waals surface area contributed by atoms with Gasteiger partial charge in [0, 0.05) is 17.0 Å². The molecule has 19 heavy (non-hydrogen) atoms. The Bertz CT molecular complexity index is 664. The summed E-state index contributed by atoms with van der Waals surface area (Å²) < 4.78 is 5.45. The van der Waals surface area contributed by atoms with E-state index in [0.717, 1.165) is 28.9 Å². The molecule has 0 spiro atoms. The van der Waals surface area contributed by atoms with E-state index in [4.69, 9.17) is 21.4 Å². The summed E-state index contributed by atoms with van der Waals surface area (Å²) in [6, 6.07) is 10.5. The van der Waals surface area contributed by atoms with Gasteiger partial charge in [-0.2, -0.15) is 0 Å². The highest BCUT2D eigenvalue weighted by atomic mass is 35.5. The summed E-state index contributed by atoms with van der Waals surface area (Å²) in [4.78, 5) is 11.0. The summed E-state index contributed by atoms with van der Waals surface area (Å²) >= 11 is 6.16. The third kappa shape index (κ3) is 2.17. The summed E-state index contributed by atoms with van der Waals surface area (Å²) in [6.07, 6.45) is 0.874. The van der Waals surface area contributed by atoms with Crippen LogP contribution in [0.3, 0.4) is 0 Å². The van der Waals surface area contributed by atoms with Crippen LogP contribution in [-0.4, -0.2) is 17.7 Å². The van der Waals surface area contributed by atoms with Gasteiger partial charge in [-0.1, -0.05) is 17.7 Å². The van der Waals surface area contributed by atoms with Crippen molar-refractivity contribution in [3.8, 4) is 16.9 Å². The molecular weight excluding hydrogens is 264 g/mol. The second-order valence-corrected chi connectivity index (χ2v) is 4.83. The van der Waals surface area contributed by atoms with Crippen LogP contribution in [0, 0.1) is 0 Å². The lowest BCUT2D eigenvalue weighted by atomic mass is 10.00. The first kappa shape index (κ1) is 12.1. The number of benzene rings is 2. The zero-order valence-electron chi connectivity index (χ0n) is 10.0. The molecule has 96 valence electrons. The Morgan fingerprint density at radius 2 is 2.05 bits per heavy atom. The van der Waals surface area contributed by atoms with Crippen molar-refractivity contribution in [1.82, 2.24) is 0 Å². The van der Waals surface area contributed by atoms with E-state index in [1.54, 1.807) is 12.1 Å². The second-order valence-electron chi connectivity index (χ2n) is 4.42. The number of fused-ring (bicyclic) bond motifs is 1. The maximum atomic E-state index is 11.0. The van der Waals surface area contributed by atoms with Crippen molar-refractivity contribution < 1.29 is 14.6 Å². The van der Waals surface area contributed by atoms with Crippen molar-refractivity contribution in [2.45, 2.75) is 6.42 Å². The minimum atomic E-state index is -0.956. The van der Waals surface area contributed by atoms with Gasteiger partial charge in [-0.3, -0.25) is 0 Å². The maximum Gasteiger partial charge on any atom is 0.335 e. The number of ether oxygens (including phenoxy) is 1. The molecule has 0 aromatic heterocycles. The van der Waals surface area contributed by atoms with Crippen LogP contribution in [0.5, 0.6) is 5.75 Å². The molecule has 0 aliphatic carbocycles. The summed E-state index contributed by atoms with van der Waals surface area (Å²) in [5.74, 6) is -0.0586. The van der Waals surface area contributed by atoms with Gasteiger partial charge in [0.25, 0.3) is 0 Å². The zero-order chi connectivity index (χ0) is 13.4. The van der Waals surface area contributed by atoms with Crippen LogP contribution in [-0.2, 0) is 6.42 Å². The topological polar surface area (TPSA) is 46.5 Å². The van der Waals surface area contributed by atoms with Gasteiger partial charge in [0.1, 0.15) is 5.75 Å². The molecule has 0 radical (unpaired) electrons. The molecule has 2 aromatic carbocycles. The highest BCUT2D eigenvalue weighted by Gasteiger charge is 2.15. The van der Waals surface area contributed by atoms with Crippen molar-refractivity contribution >= 4 is 17.6 Å². The SMILES string of the molecule is O=C(O)c1ccc(Cl)c(-c2ccc3c(c2)CCO3)c1. The minimum Gasteiger partial charge on any atom is -0.493 e. The van der Waals surface area contributed by atoms with Crippen molar-refractivity contribution in [1.29, 1.82) is 0 Å². The van der Waals surface area contributed by atoms with E-state index in [9.17, 15) is 4.79 Å². The van der Waals surface area contributed by atoms with Gasteiger partial charge in [-0.25, -0.2) is 4.79 Å². The fourth-order valence-corrected chi connectivity index (χ4v) is 2.46. The van der Waals surface area contributed by atoms with Gasteiger partial charge >= 0.3 is 5.97 Å². The highest BCUT2D eigenvalue weighted by molar-refractivity contribution is 6.33. The summed E-state index contributed by atoms with van der Waals surface area (Å²) in [5.41, 5.74) is 3.01.